The van der Waals surface area contributed by atoms with E-state index in [1.807, 2.05) is 19.9 Å². The van der Waals surface area contributed by atoms with E-state index in [0.29, 0.717) is 17.3 Å². The van der Waals surface area contributed by atoms with E-state index in [-0.39, 0.29) is 17.3 Å². The van der Waals surface area contributed by atoms with Gasteiger partial charge >= 0.3 is 5.97 Å². The minimum atomic E-state index is -0.865. The van der Waals surface area contributed by atoms with Crippen LogP contribution >= 0.6 is 11.6 Å². The van der Waals surface area contributed by atoms with Crippen molar-refractivity contribution in [1.29, 1.82) is 0 Å². The number of halogens is 1. The Balaban J connectivity index is 1.57. The van der Waals surface area contributed by atoms with Crippen LogP contribution in [0.1, 0.15) is 21.9 Å². The van der Waals surface area contributed by atoms with Crippen molar-refractivity contribution >= 4 is 35.1 Å². The lowest BCUT2D eigenvalue weighted by molar-refractivity contribution is -0.136. The van der Waals surface area contributed by atoms with Gasteiger partial charge in [-0.25, -0.2) is 14.5 Å². The number of amides is 2. The number of anilines is 1. The first-order valence-corrected chi connectivity index (χ1v) is 10.6. The number of aromatic nitrogens is 3. The SMILES string of the molecule is COc1cccc(NC(=O)CN(C)C(=O)COC(=O)c2nc(-n3nc(C)cc3C)ccc2Cl)c1. The lowest BCUT2D eigenvalue weighted by atomic mass is 10.3. The largest absolute Gasteiger partial charge is 0.497 e. The van der Waals surface area contributed by atoms with Crippen LogP contribution in [0.15, 0.2) is 42.5 Å². The number of aryl methyl sites for hydroxylation is 2. The van der Waals surface area contributed by atoms with Crippen molar-refractivity contribution in [2.45, 2.75) is 13.8 Å². The monoisotopic (exact) mass is 485 g/mol. The normalized spacial score (nSPS) is 10.5. The highest BCUT2D eigenvalue weighted by molar-refractivity contribution is 6.33. The molecule has 0 unspecified atom stereocenters. The first kappa shape index (κ1) is 24.7. The predicted molar refractivity (Wildman–Crippen MR) is 125 cm³/mol. The third-order valence-corrected chi connectivity index (χ3v) is 5.04. The summed E-state index contributed by atoms with van der Waals surface area (Å²) in [6, 6.07) is 11.8. The van der Waals surface area contributed by atoms with Crippen molar-refractivity contribution in [2.75, 3.05) is 32.6 Å². The molecule has 0 saturated carbocycles. The Morgan fingerprint density at radius 1 is 1.15 bits per heavy atom. The molecule has 0 bridgehead atoms. The maximum absolute atomic E-state index is 12.5. The van der Waals surface area contributed by atoms with E-state index in [4.69, 9.17) is 21.1 Å². The summed E-state index contributed by atoms with van der Waals surface area (Å²) >= 11 is 6.12. The molecule has 11 heteroatoms. The van der Waals surface area contributed by atoms with Crippen LogP contribution in [0.25, 0.3) is 5.82 Å². The molecular weight excluding hydrogens is 462 g/mol. The van der Waals surface area contributed by atoms with Gasteiger partial charge in [0.1, 0.15) is 5.75 Å². The number of carbonyl (C=O) groups excluding carboxylic acids is 3. The third kappa shape index (κ3) is 6.10. The number of nitrogens with one attached hydrogen (secondary N) is 1. The summed E-state index contributed by atoms with van der Waals surface area (Å²) in [5, 5.41) is 7.08. The van der Waals surface area contributed by atoms with Gasteiger partial charge in [-0.3, -0.25) is 9.59 Å². The van der Waals surface area contributed by atoms with Crippen LogP contribution in [0, 0.1) is 13.8 Å². The van der Waals surface area contributed by atoms with Crippen LogP contribution in [0.4, 0.5) is 5.69 Å². The van der Waals surface area contributed by atoms with E-state index in [1.165, 1.54) is 20.2 Å². The molecule has 0 aliphatic heterocycles. The fourth-order valence-electron chi connectivity index (χ4n) is 3.06. The molecule has 3 rings (SSSR count). The number of nitrogens with zero attached hydrogens (tertiary/aromatic N) is 4. The summed E-state index contributed by atoms with van der Waals surface area (Å²) in [5.41, 5.74) is 2.01. The molecule has 10 nitrogen and oxygen atoms in total. The molecule has 0 fully saturated rings. The Morgan fingerprint density at radius 3 is 2.59 bits per heavy atom. The molecule has 1 N–H and O–H groups in total. The molecule has 2 heterocycles. The van der Waals surface area contributed by atoms with E-state index in [9.17, 15) is 14.4 Å². The molecule has 2 aromatic heterocycles. The van der Waals surface area contributed by atoms with Crippen molar-refractivity contribution in [1.82, 2.24) is 19.7 Å². The van der Waals surface area contributed by atoms with Gasteiger partial charge < -0.3 is 19.7 Å². The van der Waals surface area contributed by atoms with Gasteiger partial charge in [-0.2, -0.15) is 5.10 Å². The number of methoxy groups -OCH3 is 1. The zero-order chi connectivity index (χ0) is 24.8. The maximum atomic E-state index is 12.5. The van der Waals surface area contributed by atoms with Gasteiger partial charge in [0.25, 0.3) is 5.91 Å². The van der Waals surface area contributed by atoms with Crippen molar-refractivity contribution < 1.29 is 23.9 Å². The Morgan fingerprint density at radius 2 is 1.91 bits per heavy atom. The summed E-state index contributed by atoms with van der Waals surface area (Å²) in [6.45, 7) is 2.88. The summed E-state index contributed by atoms with van der Waals surface area (Å²) in [5.74, 6) is -0.878. The molecule has 0 saturated heterocycles. The molecule has 178 valence electrons. The average molecular weight is 486 g/mol. The number of hydrogen-bond donors (Lipinski definition) is 1. The summed E-state index contributed by atoms with van der Waals surface area (Å²) < 4.78 is 11.8. The molecule has 0 aliphatic carbocycles. The molecule has 1 aromatic carbocycles. The van der Waals surface area contributed by atoms with Crippen LogP contribution in [-0.4, -0.2) is 64.8 Å². The first-order chi connectivity index (χ1) is 16.2. The second-order valence-electron chi connectivity index (χ2n) is 7.44. The number of esters is 1. The smallest absolute Gasteiger partial charge is 0.359 e. The minimum absolute atomic E-state index is 0.0775. The van der Waals surface area contributed by atoms with Crippen LogP contribution in [-0.2, 0) is 14.3 Å². The minimum Gasteiger partial charge on any atom is -0.497 e. The number of ether oxygens (including phenoxy) is 2. The summed E-state index contributed by atoms with van der Waals surface area (Å²) in [6.07, 6.45) is 0. The Bertz CT molecular complexity index is 1230. The van der Waals surface area contributed by atoms with Crippen LogP contribution in [0.5, 0.6) is 5.75 Å². The zero-order valence-electron chi connectivity index (χ0n) is 19.2. The fourth-order valence-corrected chi connectivity index (χ4v) is 3.25. The van der Waals surface area contributed by atoms with Crippen LogP contribution < -0.4 is 10.1 Å². The van der Waals surface area contributed by atoms with E-state index in [1.54, 1.807) is 35.0 Å². The predicted octanol–water partition coefficient (Wildman–Crippen LogP) is 2.80. The zero-order valence-corrected chi connectivity index (χ0v) is 19.9. The van der Waals surface area contributed by atoms with Gasteiger partial charge in [-0.15, -0.1) is 0 Å². The number of likely N-dealkylation sites (N-methyl/N-ethyl adjacent to an activating group) is 1. The van der Waals surface area contributed by atoms with E-state index < -0.39 is 24.4 Å². The second-order valence-corrected chi connectivity index (χ2v) is 7.85. The van der Waals surface area contributed by atoms with Gasteiger partial charge in [0, 0.05) is 24.5 Å². The van der Waals surface area contributed by atoms with Crippen LogP contribution in [0.2, 0.25) is 5.02 Å². The highest BCUT2D eigenvalue weighted by Crippen LogP contribution is 2.19. The number of rotatable bonds is 8. The van der Waals surface area contributed by atoms with Crippen molar-refractivity contribution in [3.8, 4) is 11.6 Å². The first-order valence-electron chi connectivity index (χ1n) is 10.2. The fraction of sp³-hybridized carbons (Fsp3) is 0.261. The van der Waals surface area contributed by atoms with Gasteiger partial charge in [0.15, 0.2) is 18.1 Å². The van der Waals surface area contributed by atoms with Gasteiger partial charge in [-0.1, -0.05) is 17.7 Å². The van der Waals surface area contributed by atoms with Crippen molar-refractivity contribution in [3.63, 3.8) is 0 Å². The standard InChI is InChI=1S/C23H24ClN5O5/c1-14-10-15(2)29(27-14)19-9-8-18(24)22(26-19)23(32)34-13-21(31)28(3)12-20(30)25-16-6-5-7-17(11-16)33-4/h5-11H,12-13H2,1-4H3,(H,25,30). The molecule has 34 heavy (non-hydrogen) atoms. The molecular formula is C23H24ClN5O5. The van der Waals surface area contributed by atoms with E-state index in [0.717, 1.165) is 16.3 Å². The van der Waals surface area contributed by atoms with Crippen molar-refractivity contribution in [3.05, 3.63) is 64.6 Å². The number of pyridine rings is 1. The van der Waals surface area contributed by atoms with Crippen LogP contribution in [0.3, 0.4) is 0 Å². The molecule has 0 atom stereocenters. The van der Waals surface area contributed by atoms with E-state index in [2.05, 4.69) is 15.4 Å². The third-order valence-electron chi connectivity index (χ3n) is 4.74. The molecule has 0 spiro atoms. The molecule has 2 amide bonds. The number of hydrogen-bond acceptors (Lipinski definition) is 7. The molecule has 0 radical (unpaired) electrons. The lowest BCUT2D eigenvalue weighted by Gasteiger charge is -2.17. The Labute approximate surface area is 201 Å². The van der Waals surface area contributed by atoms with Crippen molar-refractivity contribution in [2.24, 2.45) is 0 Å². The maximum Gasteiger partial charge on any atom is 0.359 e. The Hall–Kier alpha value is -3.92. The average Bonchev–Trinajstić information content (AvgIpc) is 3.15. The lowest BCUT2D eigenvalue weighted by Crippen LogP contribution is -2.37. The number of carbonyl (C=O) groups is 3. The van der Waals surface area contributed by atoms with Gasteiger partial charge in [-0.05, 0) is 44.2 Å². The molecule has 3 aromatic rings. The molecule has 0 aliphatic rings. The summed E-state index contributed by atoms with van der Waals surface area (Å²) in [7, 11) is 2.95. The topological polar surface area (TPSA) is 116 Å². The van der Waals surface area contributed by atoms with E-state index >= 15 is 0 Å². The Kier molecular flexibility index (Phi) is 7.85. The quantitative estimate of drug-likeness (QED) is 0.488. The summed E-state index contributed by atoms with van der Waals surface area (Å²) in [4.78, 5) is 42.5. The highest BCUT2D eigenvalue weighted by atomic mass is 35.5. The number of benzene rings is 1. The highest BCUT2D eigenvalue weighted by Gasteiger charge is 2.20. The van der Waals surface area contributed by atoms with Gasteiger partial charge in [0.2, 0.25) is 5.91 Å². The second kappa shape index (κ2) is 10.8. The van der Waals surface area contributed by atoms with Gasteiger partial charge in [0.05, 0.1) is 24.4 Å².